The fraction of sp³-hybridized carbons (Fsp3) is 0.500. The number of nitrogens with zero attached hydrogens (tertiary/aromatic N) is 3. The van der Waals surface area contributed by atoms with Gasteiger partial charge in [-0.05, 0) is 25.7 Å². The maximum Gasteiger partial charge on any atom is 0.270 e. The molecule has 1 aliphatic carbocycles. The Morgan fingerprint density at radius 2 is 2.12 bits per heavy atom. The van der Waals surface area contributed by atoms with Crippen molar-refractivity contribution in [3.05, 3.63) is 42.4 Å². The van der Waals surface area contributed by atoms with Gasteiger partial charge in [0.25, 0.3) is 5.91 Å². The van der Waals surface area contributed by atoms with Gasteiger partial charge in [-0.3, -0.25) is 9.36 Å². The Morgan fingerprint density at radius 1 is 1.31 bits per heavy atom. The summed E-state index contributed by atoms with van der Waals surface area (Å²) in [7, 11) is 1.65. The molecule has 0 spiro atoms. The summed E-state index contributed by atoms with van der Waals surface area (Å²) in [4.78, 5) is 20.6. The Bertz CT molecular complexity index is 715. The number of carbonyl (C=O) groups is 1. The van der Waals surface area contributed by atoms with Crippen molar-refractivity contribution in [1.29, 1.82) is 0 Å². The Kier molecular flexibility index (Phi) is 6.30. The number of ether oxygens (including phenoxy) is 2. The third kappa shape index (κ3) is 4.86. The number of hydrogen-bond acceptors (Lipinski definition) is 5. The number of amides is 1. The zero-order valence-corrected chi connectivity index (χ0v) is 14.7. The van der Waals surface area contributed by atoms with Gasteiger partial charge in [0.1, 0.15) is 23.7 Å². The van der Waals surface area contributed by atoms with Gasteiger partial charge in [-0.15, -0.1) is 0 Å². The first kappa shape index (κ1) is 18.5. The molecule has 1 N–H and O–H groups in total. The van der Waals surface area contributed by atoms with Crippen molar-refractivity contribution in [2.75, 3.05) is 20.3 Å². The second-order valence-corrected chi connectivity index (χ2v) is 6.31. The van der Waals surface area contributed by atoms with Crippen LogP contribution in [0, 0.1) is 5.82 Å². The largest absolute Gasteiger partial charge is 0.382 e. The predicted octanol–water partition coefficient (Wildman–Crippen LogP) is 2.11. The van der Waals surface area contributed by atoms with Crippen molar-refractivity contribution < 1.29 is 18.7 Å². The van der Waals surface area contributed by atoms with Gasteiger partial charge in [0.15, 0.2) is 0 Å². The van der Waals surface area contributed by atoms with E-state index in [-0.39, 0.29) is 23.7 Å². The molecule has 1 saturated carbocycles. The summed E-state index contributed by atoms with van der Waals surface area (Å²) in [6.07, 6.45) is 8.35. The highest BCUT2D eigenvalue weighted by molar-refractivity contribution is 5.92. The Labute approximate surface area is 151 Å². The average Bonchev–Trinajstić information content (AvgIpc) is 3.18. The van der Waals surface area contributed by atoms with Crippen molar-refractivity contribution in [2.24, 2.45) is 0 Å². The topological polar surface area (TPSA) is 78.3 Å². The molecule has 140 valence electrons. The maximum atomic E-state index is 13.9. The first-order chi connectivity index (χ1) is 12.7. The molecule has 0 atom stereocenters. The van der Waals surface area contributed by atoms with Crippen LogP contribution in [0.2, 0.25) is 0 Å². The van der Waals surface area contributed by atoms with E-state index in [1.54, 1.807) is 24.1 Å². The van der Waals surface area contributed by atoms with Gasteiger partial charge in [0.05, 0.1) is 19.3 Å². The number of aromatic nitrogens is 3. The smallest absolute Gasteiger partial charge is 0.270 e. The van der Waals surface area contributed by atoms with Crippen LogP contribution in [0.25, 0.3) is 5.82 Å². The minimum Gasteiger partial charge on any atom is -0.382 e. The SMILES string of the molecule is COCCO[C@H]1CC[C@H](NC(=O)c2cc(F)cc(-n3ccnc3)n2)CC1. The van der Waals surface area contributed by atoms with Crippen molar-refractivity contribution in [2.45, 2.75) is 37.8 Å². The van der Waals surface area contributed by atoms with Crippen molar-refractivity contribution in [3.63, 3.8) is 0 Å². The zero-order chi connectivity index (χ0) is 18.4. The molecule has 7 nitrogen and oxygen atoms in total. The molecule has 1 amide bonds. The lowest BCUT2D eigenvalue weighted by Crippen LogP contribution is -2.39. The molecule has 0 radical (unpaired) electrons. The number of nitrogens with one attached hydrogen (secondary N) is 1. The molecule has 2 aromatic rings. The highest BCUT2D eigenvalue weighted by Gasteiger charge is 2.24. The lowest BCUT2D eigenvalue weighted by Gasteiger charge is -2.29. The molecule has 0 aliphatic heterocycles. The molecule has 1 aliphatic rings. The van der Waals surface area contributed by atoms with Gasteiger partial charge in [-0.2, -0.15) is 0 Å². The summed E-state index contributed by atoms with van der Waals surface area (Å²) in [6, 6.07) is 2.46. The number of methoxy groups -OCH3 is 1. The first-order valence-corrected chi connectivity index (χ1v) is 8.73. The lowest BCUT2D eigenvalue weighted by atomic mass is 9.93. The Morgan fingerprint density at radius 3 is 2.81 bits per heavy atom. The van der Waals surface area contributed by atoms with E-state index in [1.165, 1.54) is 12.4 Å². The van der Waals surface area contributed by atoms with Crippen molar-refractivity contribution in [1.82, 2.24) is 19.9 Å². The van der Waals surface area contributed by atoms with E-state index in [0.29, 0.717) is 19.0 Å². The highest BCUT2D eigenvalue weighted by Crippen LogP contribution is 2.21. The molecule has 0 bridgehead atoms. The summed E-state index contributed by atoms with van der Waals surface area (Å²) < 4.78 is 26.1. The molecule has 2 aromatic heterocycles. The van der Waals surface area contributed by atoms with Crippen LogP contribution in [-0.4, -0.2) is 52.9 Å². The minimum atomic E-state index is -0.510. The molecule has 0 saturated heterocycles. The van der Waals surface area contributed by atoms with E-state index >= 15 is 0 Å². The van der Waals surface area contributed by atoms with Gasteiger partial charge in [0, 0.05) is 37.7 Å². The van der Waals surface area contributed by atoms with Crippen LogP contribution in [0.1, 0.15) is 36.2 Å². The lowest BCUT2D eigenvalue weighted by molar-refractivity contribution is -0.00409. The van der Waals surface area contributed by atoms with Crippen LogP contribution in [0.4, 0.5) is 4.39 Å². The standard InChI is InChI=1S/C18H23FN4O3/c1-25-8-9-26-15-4-2-14(3-5-15)21-18(24)16-10-13(19)11-17(22-16)23-7-6-20-12-23/h6-7,10-12,14-15H,2-5,8-9H2,1H3,(H,21,24)/t14-,15-. The number of carbonyl (C=O) groups excluding carboxylic acids is 1. The van der Waals surface area contributed by atoms with Crippen LogP contribution in [0.5, 0.6) is 0 Å². The third-order valence-corrected chi connectivity index (χ3v) is 4.43. The minimum absolute atomic E-state index is 0.0477. The fourth-order valence-electron chi connectivity index (χ4n) is 3.06. The Hall–Kier alpha value is -2.32. The van der Waals surface area contributed by atoms with Crippen molar-refractivity contribution >= 4 is 5.91 Å². The highest BCUT2D eigenvalue weighted by atomic mass is 19.1. The molecular formula is C18H23FN4O3. The summed E-state index contributed by atoms with van der Waals surface area (Å²) in [5.74, 6) is -0.554. The Balaban J connectivity index is 1.56. The second kappa shape index (κ2) is 8.86. The maximum absolute atomic E-state index is 13.9. The van der Waals surface area contributed by atoms with E-state index in [4.69, 9.17) is 9.47 Å². The van der Waals surface area contributed by atoms with Crippen LogP contribution >= 0.6 is 0 Å². The van der Waals surface area contributed by atoms with Gasteiger partial charge >= 0.3 is 0 Å². The van der Waals surface area contributed by atoms with Crippen LogP contribution in [-0.2, 0) is 9.47 Å². The van der Waals surface area contributed by atoms with Gasteiger partial charge in [-0.25, -0.2) is 14.4 Å². The molecule has 3 rings (SSSR count). The van der Waals surface area contributed by atoms with Crippen LogP contribution in [0.3, 0.4) is 0 Å². The summed E-state index contributed by atoms with van der Waals surface area (Å²) in [6.45, 7) is 1.17. The fourth-order valence-corrected chi connectivity index (χ4v) is 3.06. The number of rotatable bonds is 7. The molecule has 0 unspecified atom stereocenters. The number of halogens is 1. The average molecular weight is 362 g/mol. The molecule has 2 heterocycles. The van der Waals surface area contributed by atoms with E-state index in [2.05, 4.69) is 15.3 Å². The van der Waals surface area contributed by atoms with E-state index in [0.717, 1.165) is 31.7 Å². The number of imidazole rings is 1. The molecule has 8 heteroatoms. The predicted molar refractivity (Wildman–Crippen MR) is 92.7 cm³/mol. The van der Waals surface area contributed by atoms with E-state index in [1.807, 2.05) is 0 Å². The summed E-state index contributed by atoms with van der Waals surface area (Å²) in [5.41, 5.74) is 0.0622. The summed E-state index contributed by atoms with van der Waals surface area (Å²) >= 11 is 0. The normalized spacial score (nSPS) is 20.1. The molecule has 1 fully saturated rings. The van der Waals surface area contributed by atoms with E-state index < -0.39 is 5.82 Å². The van der Waals surface area contributed by atoms with Gasteiger partial charge < -0.3 is 14.8 Å². The monoisotopic (exact) mass is 362 g/mol. The first-order valence-electron chi connectivity index (χ1n) is 8.73. The molecule has 0 aromatic carbocycles. The quantitative estimate of drug-likeness (QED) is 0.764. The zero-order valence-electron chi connectivity index (χ0n) is 14.7. The van der Waals surface area contributed by atoms with Gasteiger partial charge in [-0.1, -0.05) is 0 Å². The third-order valence-electron chi connectivity index (χ3n) is 4.43. The van der Waals surface area contributed by atoms with Gasteiger partial charge in [0.2, 0.25) is 0 Å². The van der Waals surface area contributed by atoms with Crippen LogP contribution in [0.15, 0.2) is 30.9 Å². The number of hydrogen-bond donors (Lipinski definition) is 1. The summed E-state index contributed by atoms with van der Waals surface area (Å²) in [5, 5.41) is 2.95. The molecular weight excluding hydrogens is 339 g/mol. The second-order valence-electron chi connectivity index (χ2n) is 6.31. The van der Waals surface area contributed by atoms with Crippen molar-refractivity contribution in [3.8, 4) is 5.82 Å². The number of pyridine rings is 1. The van der Waals surface area contributed by atoms with E-state index in [9.17, 15) is 9.18 Å². The molecule has 26 heavy (non-hydrogen) atoms. The van der Waals surface area contributed by atoms with Crippen LogP contribution < -0.4 is 5.32 Å².